The standard InChI is InChI=1S/C13H24N2O3/c1-3-14-4-5-18-11(7-14)8-15-6-10(2)12(9-15)13(16)17/h10-12H,3-9H2,1-2H3,(H,16,17). The van der Waals surface area contributed by atoms with E-state index in [1.807, 2.05) is 6.92 Å². The van der Waals surface area contributed by atoms with Gasteiger partial charge in [0.05, 0.1) is 18.6 Å². The van der Waals surface area contributed by atoms with Crippen LogP contribution in [0.15, 0.2) is 0 Å². The summed E-state index contributed by atoms with van der Waals surface area (Å²) in [4.78, 5) is 15.7. The third kappa shape index (κ3) is 3.22. The number of ether oxygens (including phenoxy) is 1. The molecule has 0 bridgehead atoms. The van der Waals surface area contributed by atoms with Crippen LogP contribution in [0, 0.1) is 11.8 Å². The number of carboxylic acid groups (broad SMARTS) is 1. The van der Waals surface area contributed by atoms with E-state index in [9.17, 15) is 4.79 Å². The Morgan fingerprint density at radius 1 is 1.33 bits per heavy atom. The number of likely N-dealkylation sites (tertiary alicyclic amines) is 1. The molecule has 1 N–H and O–H groups in total. The van der Waals surface area contributed by atoms with Crippen molar-refractivity contribution in [3.63, 3.8) is 0 Å². The van der Waals surface area contributed by atoms with Gasteiger partial charge in [0.15, 0.2) is 0 Å². The summed E-state index contributed by atoms with van der Waals surface area (Å²) in [5, 5.41) is 9.12. The first-order valence-electron chi connectivity index (χ1n) is 6.89. The van der Waals surface area contributed by atoms with Crippen molar-refractivity contribution >= 4 is 5.97 Å². The van der Waals surface area contributed by atoms with Crippen molar-refractivity contribution in [1.29, 1.82) is 0 Å². The third-order valence-electron chi connectivity index (χ3n) is 4.14. The Balaban J connectivity index is 1.82. The first kappa shape index (κ1) is 13.8. The highest BCUT2D eigenvalue weighted by Crippen LogP contribution is 2.23. The van der Waals surface area contributed by atoms with Crippen molar-refractivity contribution in [1.82, 2.24) is 9.80 Å². The fourth-order valence-electron chi connectivity index (χ4n) is 3.00. The van der Waals surface area contributed by atoms with E-state index in [-0.39, 0.29) is 17.9 Å². The molecular formula is C13H24N2O3. The zero-order valence-electron chi connectivity index (χ0n) is 11.3. The highest BCUT2D eigenvalue weighted by atomic mass is 16.5. The average molecular weight is 256 g/mol. The van der Waals surface area contributed by atoms with Crippen LogP contribution in [-0.4, -0.2) is 72.9 Å². The van der Waals surface area contributed by atoms with Gasteiger partial charge in [0.1, 0.15) is 0 Å². The molecule has 18 heavy (non-hydrogen) atoms. The van der Waals surface area contributed by atoms with Crippen LogP contribution >= 0.6 is 0 Å². The number of hydrogen-bond donors (Lipinski definition) is 1. The Morgan fingerprint density at radius 2 is 2.11 bits per heavy atom. The largest absolute Gasteiger partial charge is 0.481 e. The zero-order valence-corrected chi connectivity index (χ0v) is 11.3. The van der Waals surface area contributed by atoms with Gasteiger partial charge in [-0.05, 0) is 12.5 Å². The van der Waals surface area contributed by atoms with E-state index in [1.54, 1.807) is 0 Å². The highest BCUT2D eigenvalue weighted by Gasteiger charge is 2.36. The number of carboxylic acids is 1. The van der Waals surface area contributed by atoms with E-state index in [0.717, 1.165) is 39.3 Å². The smallest absolute Gasteiger partial charge is 0.308 e. The normalized spacial score (nSPS) is 34.9. The monoisotopic (exact) mass is 256 g/mol. The van der Waals surface area contributed by atoms with E-state index in [2.05, 4.69) is 16.7 Å². The third-order valence-corrected chi connectivity index (χ3v) is 4.14. The average Bonchev–Trinajstić information content (AvgIpc) is 2.70. The van der Waals surface area contributed by atoms with Gasteiger partial charge in [0.2, 0.25) is 0 Å². The van der Waals surface area contributed by atoms with E-state index < -0.39 is 5.97 Å². The predicted molar refractivity (Wildman–Crippen MR) is 68.6 cm³/mol. The van der Waals surface area contributed by atoms with Crippen molar-refractivity contribution in [2.75, 3.05) is 45.9 Å². The Bertz CT molecular complexity index is 298. The minimum atomic E-state index is -0.662. The maximum Gasteiger partial charge on any atom is 0.308 e. The first-order valence-corrected chi connectivity index (χ1v) is 6.89. The summed E-state index contributed by atoms with van der Waals surface area (Å²) in [6.07, 6.45) is 0.235. The van der Waals surface area contributed by atoms with Crippen LogP contribution < -0.4 is 0 Å². The van der Waals surface area contributed by atoms with Gasteiger partial charge in [-0.3, -0.25) is 14.6 Å². The SMILES string of the molecule is CCN1CCOC(CN2CC(C)C(C(=O)O)C2)C1. The summed E-state index contributed by atoms with van der Waals surface area (Å²) < 4.78 is 5.77. The van der Waals surface area contributed by atoms with Gasteiger partial charge in [0.25, 0.3) is 0 Å². The summed E-state index contributed by atoms with van der Waals surface area (Å²) in [7, 11) is 0. The molecule has 0 spiro atoms. The molecule has 0 amide bonds. The number of rotatable bonds is 4. The lowest BCUT2D eigenvalue weighted by Gasteiger charge is -2.34. The minimum Gasteiger partial charge on any atom is -0.481 e. The van der Waals surface area contributed by atoms with E-state index in [0.29, 0.717) is 6.54 Å². The molecule has 0 radical (unpaired) electrons. The highest BCUT2D eigenvalue weighted by molar-refractivity contribution is 5.71. The molecule has 0 aromatic rings. The quantitative estimate of drug-likeness (QED) is 0.787. The van der Waals surface area contributed by atoms with E-state index in [4.69, 9.17) is 9.84 Å². The molecule has 3 unspecified atom stereocenters. The second-order valence-electron chi connectivity index (χ2n) is 5.53. The maximum atomic E-state index is 11.1. The van der Waals surface area contributed by atoms with Crippen LogP contribution in [0.3, 0.4) is 0 Å². The number of aliphatic carboxylic acids is 1. The molecule has 0 aromatic carbocycles. The number of nitrogens with zero attached hydrogens (tertiary/aromatic N) is 2. The van der Waals surface area contributed by atoms with Gasteiger partial charge in [-0.25, -0.2) is 0 Å². The van der Waals surface area contributed by atoms with Crippen molar-refractivity contribution in [2.24, 2.45) is 11.8 Å². The molecule has 5 heteroatoms. The van der Waals surface area contributed by atoms with Crippen molar-refractivity contribution in [3.05, 3.63) is 0 Å². The number of likely N-dealkylation sites (N-methyl/N-ethyl adjacent to an activating group) is 1. The number of morpholine rings is 1. The van der Waals surface area contributed by atoms with Crippen LogP contribution in [0.4, 0.5) is 0 Å². The van der Waals surface area contributed by atoms with Gasteiger partial charge >= 0.3 is 5.97 Å². The van der Waals surface area contributed by atoms with Crippen LogP contribution in [-0.2, 0) is 9.53 Å². The van der Waals surface area contributed by atoms with Crippen molar-refractivity contribution in [3.8, 4) is 0 Å². The minimum absolute atomic E-state index is 0.212. The van der Waals surface area contributed by atoms with Gasteiger partial charge < -0.3 is 9.84 Å². The molecule has 0 aromatic heterocycles. The Hall–Kier alpha value is -0.650. The predicted octanol–water partition coefficient (Wildman–Crippen LogP) is 0.360. The second kappa shape index (κ2) is 5.99. The second-order valence-corrected chi connectivity index (χ2v) is 5.53. The Morgan fingerprint density at radius 3 is 2.72 bits per heavy atom. The first-order chi connectivity index (χ1) is 8.60. The molecule has 2 aliphatic heterocycles. The van der Waals surface area contributed by atoms with Gasteiger partial charge in [-0.15, -0.1) is 0 Å². The van der Waals surface area contributed by atoms with Gasteiger partial charge in [0, 0.05) is 32.7 Å². The van der Waals surface area contributed by atoms with Gasteiger partial charge in [-0.1, -0.05) is 13.8 Å². The molecule has 2 aliphatic rings. The molecule has 3 atom stereocenters. The molecule has 2 saturated heterocycles. The zero-order chi connectivity index (χ0) is 13.1. The molecule has 5 nitrogen and oxygen atoms in total. The Kier molecular flexibility index (Phi) is 4.59. The lowest BCUT2D eigenvalue weighted by molar-refractivity contribution is -0.142. The molecule has 2 fully saturated rings. The summed E-state index contributed by atoms with van der Waals surface area (Å²) in [6.45, 7) is 10.5. The lowest BCUT2D eigenvalue weighted by Crippen LogP contribution is -2.47. The van der Waals surface area contributed by atoms with Crippen LogP contribution in [0.2, 0.25) is 0 Å². The summed E-state index contributed by atoms with van der Waals surface area (Å²) in [5.41, 5.74) is 0. The summed E-state index contributed by atoms with van der Waals surface area (Å²) in [6, 6.07) is 0. The topological polar surface area (TPSA) is 53.0 Å². The van der Waals surface area contributed by atoms with Crippen LogP contribution in [0.1, 0.15) is 13.8 Å². The maximum absolute atomic E-state index is 11.1. The Labute approximate surface area is 109 Å². The lowest BCUT2D eigenvalue weighted by atomic mass is 9.99. The molecule has 0 aliphatic carbocycles. The van der Waals surface area contributed by atoms with E-state index >= 15 is 0 Å². The van der Waals surface area contributed by atoms with Crippen molar-refractivity contribution in [2.45, 2.75) is 20.0 Å². The van der Waals surface area contributed by atoms with E-state index in [1.165, 1.54) is 0 Å². The van der Waals surface area contributed by atoms with Crippen molar-refractivity contribution < 1.29 is 14.6 Å². The van der Waals surface area contributed by atoms with Gasteiger partial charge in [-0.2, -0.15) is 0 Å². The molecule has 2 heterocycles. The fourth-order valence-corrected chi connectivity index (χ4v) is 3.00. The fraction of sp³-hybridized carbons (Fsp3) is 0.923. The van der Waals surface area contributed by atoms with Crippen LogP contribution in [0.25, 0.3) is 0 Å². The molecule has 2 rings (SSSR count). The number of carbonyl (C=O) groups is 1. The summed E-state index contributed by atoms with van der Waals surface area (Å²) in [5.74, 6) is -0.631. The number of hydrogen-bond acceptors (Lipinski definition) is 4. The molecule has 104 valence electrons. The summed E-state index contributed by atoms with van der Waals surface area (Å²) >= 11 is 0. The molecular weight excluding hydrogens is 232 g/mol. The van der Waals surface area contributed by atoms with Crippen LogP contribution in [0.5, 0.6) is 0 Å². The molecule has 0 saturated carbocycles.